The number of nitrogens with one attached hydrogen (secondary N) is 1. The van der Waals surface area contributed by atoms with Gasteiger partial charge in [-0.25, -0.2) is 8.78 Å². The predicted molar refractivity (Wildman–Crippen MR) is 85.6 cm³/mol. The number of hydrogen-bond donors (Lipinski definition) is 1. The molecule has 1 amide bonds. The van der Waals surface area contributed by atoms with Crippen molar-refractivity contribution in [1.29, 1.82) is 0 Å². The van der Waals surface area contributed by atoms with Crippen molar-refractivity contribution in [3.8, 4) is 5.75 Å². The van der Waals surface area contributed by atoms with Gasteiger partial charge in [0.15, 0.2) is 6.10 Å². The van der Waals surface area contributed by atoms with Gasteiger partial charge in [0, 0.05) is 0 Å². The number of ether oxygens (including phenoxy) is 1. The van der Waals surface area contributed by atoms with Crippen molar-refractivity contribution < 1.29 is 18.3 Å². The van der Waals surface area contributed by atoms with E-state index in [-0.39, 0.29) is 0 Å². The van der Waals surface area contributed by atoms with Gasteiger partial charge in [-0.3, -0.25) is 4.79 Å². The summed E-state index contributed by atoms with van der Waals surface area (Å²) in [5, 5.41) is 2.27. The summed E-state index contributed by atoms with van der Waals surface area (Å²) >= 11 is 0. The van der Waals surface area contributed by atoms with Gasteiger partial charge in [0.1, 0.15) is 23.1 Å². The fourth-order valence-corrected chi connectivity index (χ4v) is 2.13. The lowest BCUT2D eigenvalue weighted by Gasteiger charge is -2.19. The zero-order valence-electron chi connectivity index (χ0n) is 13.3. The molecule has 2 aromatic rings. The Morgan fingerprint density at radius 2 is 1.83 bits per heavy atom. The number of aryl methyl sites for hydroxylation is 2. The van der Waals surface area contributed by atoms with Crippen LogP contribution in [-0.4, -0.2) is 12.0 Å². The van der Waals surface area contributed by atoms with Crippen molar-refractivity contribution in [3.63, 3.8) is 0 Å². The van der Waals surface area contributed by atoms with E-state index in [0.29, 0.717) is 12.2 Å². The smallest absolute Gasteiger partial charge is 0.265 e. The Morgan fingerprint density at radius 3 is 2.43 bits per heavy atom. The van der Waals surface area contributed by atoms with E-state index in [1.54, 1.807) is 6.92 Å². The van der Waals surface area contributed by atoms with Crippen LogP contribution in [0, 0.1) is 25.5 Å². The van der Waals surface area contributed by atoms with Gasteiger partial charge in [-0.2, -0.15) is 0 Å². The molecule has 0 aliphatic heterocycles. The fraction of sp³-hybridized carbons (Fsp3) is 0.278. The maximum atomic E-state index is 13.6. The minimum atomic E-state index is -0.838. The molecule has 3 nitrogen and oxygen atoms in total. The number of carbonyl (C=O) groups is 1. The molecule has 0 heterocycles. The van der Waals surface area contributed by atoms with Crippen LogP contribution < -0.4 is 10.1 Å². The van der Waals surface area contributed by atoms with E-state index in [9.17, 15) is 13.6 Å². The maximum absolute atomic E-state index is 13.6. The lowest BCUT2D eigenvalue weighted by Crippen LogP contribution is -2.33. The molecule has 0 aromatic heterocycles. The summed E-state index contributed by atoms with van der Waals surface area (Å²) in [7, 11) is 0. The van der Waals surface area contributed by atoms with Crippen LogP contribution in [0.3, 0.4) is 0 Å². The Bertz CT molecular complexity index is 696. The number of hydrogen-bond acceptors (Lipinski definition) is 2. The minimum Gasteiger partial charge on any atom is -0.480 e. The zero-order chi connectivity index (χ0) is 17.0. The number of rotatable bonds is 5. The summed E-state index contributed by atoms with van der Waals surface area (Å²) in [5.74, 6) is -1.64. The molecular formula is C18H19F2NO2. The lowest BCUT2D eigenvalue weighted by atomic mass is 10.1. The van der Waals surface area contributed by atoms with Crippen LogP contribution in [0.2, 0.25) is 0 Å². The second-order valence-corrected chi connectivity index (χ2v) is 5.37. The number of anilines is 1. The first kappa shape index (κ1) is 16.9. The monoisotopic (exact) mass is 319 g/mol. The van der Waals surface area contributed by atoms with Crippen molar-refractivity contribution in [1.82, 2.24) is 0 Å². The van der Waals surface area contributed by atoms with Gasteiger partial charge in [-0.05, 0) is 49.6 Å². The first-order chi connectivity index (χ1) is 10.9. The number of benzene rings is 2. The summed E-state index contributed by atoms with van der Waals surface area (Å²) in [6.45, 7) is 5.56. The highest BCUT2D eigenvalue weighted by Crippen LogP contribution is 2.23. The third-order valence-electron chi connectivity index (χ3n) is 3.49. The summed E-state index contributed by atoms with van der Waals surface area (Å²) in [6.07, 6.45) is -0.468. The molecule has 0 fully saturated rings. The van der Waals surface area contributed by atoms with Gasteiger partial charge < -0.3 is 10.1 Å². The van der Waals surface area contributed by atoms with Crippen LogP contribution in [0.15, 0.2) is 36.4 Å². The van der Waals surface area contributed by atoms with Crippen LogP contribution in [0.25, 0.3) is 0 Å². The molecule has 0 spiro atoms. The molecule has 122 valence electrons. The Balaban J connectivity index is 2.17. The summed E-state index contributed by atoms with van der Waals surface area (Å²) in [6, 6.07) is 9.08. The average Bonchev–Trinajstić information content (AvgIpc) is 2.51. The second kappa shape index (κ2) is 7.22. The molecule has 0 saturated heterocycles. The molecule has 5 heteroatoms. The third kappa shape index (κ3) is 4.06. The predicted octanol–water partition coefficient (Wildman–Crippen LogP) is 4.38. The highest BCUT2D eigenvalue weighted by atomic mass is 19.1. The zero-order valence-corrected chi connectivity index (χ0v) is 13.3. The van der Waals surface area contributed by atoms with Crippen molar-refractivity contribution in [3.05, 3.63) is 59.2 Å². The highest BCUT2D eigenvalue weighted by Gasteiger charge is 2.22. The van der Waals surface area contributed by atoms with Gasteiger partial charge >= 0.3 is 0 Å². The van der Waals surface area contributed by atoms with E-state index >= 15 is 0 Å². The summed E-state index contributed by atoms with van der Waals surface area (Å²) < 4.78 is 33.0. The van der Waals surface area contributed by atoms with Gasteiger partial charge in [-0.15, -0.1) is 0 Å². The fourth-order valence-electron chi connectivity index (χ4n) is 2.13. The molecule has 0 unspecified atom stereocenters. The van der Waals surface area contributed by atoms with E-state index in [1.807, 2.05) is 32.0 Å². The van der Waals surface area contributed by atoms with Gasteiger partial charge in [-0.1, -0.05) is 25.1 Å². The summed E-state index contributed by atoms with van der Waals surface area (Å²) in [5.41, 5.74) is 1.43. The number of halogens is 2. The molecule has 2 rings (SSSR count). The minimum absolute atomic E-state index is 0.370. The topological polar surface area (TPSA) is 38.3 Å². The first-order valence-electron chi connectivity index (χ1n) is 7.41. The van der Waals surface area contributed by atoms with Crippen molar-refractivity contribution in [2.75, 3.05) is 5.32 Å². The van der Waals surface area contributed by atoms with Crippen molar-refractivity contribution >= 4 is 11.6 Å². The standard InChI is InChI=1S/C18H19F2NO2/c1-4-15(23-16-10-11(2)8-9-12(16)3)18(22)21-17-13(19)6-5-7-14(17)20/h5-10,15H,4H2,1-3H3,(H,21,22)/t15-/m1/s1. The van der Waals surface area contributed by atoms with Crippen LogP contribution in [0.4, 0.5) is 14.5 Å². The van der Waals surface area contributed by atoms with E-state index in [0.717, 1.165) is 23.3 Å². The van der Waals surface area contributed by atoms with Crippen LogP contribution in [0.5, 0.6) is 5.75 Å². The van der Waals surface area contributed by atoms with E-state index in [4.69, 9.17) is 4.74 Å². The van der Waals surface area contributed by atoms with E-state index in [1.165, 1.54) is 6.07 Å². The van der Waals surface area contributed by atoms with Gasteiger partial charge in [0.05, 0.1) is 0 Å². The Kier molecular flexibility index (Phi) is 5.32. The molecule has 1 N–H and O–H groups in total. The largest absolute Gasteiger partial charge is 0.480 e. The van der Waals surface area contributed by atoms with Crippen LogP contribution in [0.1, 0.15) is 24.5 Å². The Labute approximate surface area is 134 Å². The normalized spacial score (nSPS) is 11.9. The van der Waals surface area contributed by atoms with Gasteiger partial charge in [0.2, 0.25) is 0 Å². The molecule has 2 aromatic carbocycles. The molecule has 23 heavy (non-hydrogen) atoms. The maximum Gasteiger partial charge on any atom is 0.265 e. The molecular weight excluding hydrogens is 300 g/mol. The molecule has 0 aliphatic carbocycles. The number of carbonyl (C=O) groups excluding carboxylic acids is 1. The second-order valence-electron chi connectivity index (χ2n) is 5.37. The number of para-hydroxylation sites is 1. The third-order valence-corrected chi connectivity index (χ3v) is 3.49. The van der Waals surface area contributed by atoms with Crippen molar-refractivity contribution in [2.24, 2.45) is 0 Å². The molecule has 1 atom stereocenters. The Hall–Kier alpha value is -2.43. The molecule has 0 aliphatic rings. The van der Waals surface area contributed by atoms with E-state index < -0.39 is 29.3 Å². The molecule has 0 radical (unpaired) electrons. The van der Waals surface area contributed by atoms with E-state index in [2.05, 4.69) is 5.32 Å². The summed E-state index contributed by atoms with van der Waals surface area (Å²) in [4.78, 5) is 12.3. The first-order valence-corrected chi connectivity index (χ1v) is 7.41. The highest BCUT2D eigenvalue weighted by molar-refractivity contribution is 5.94. The quantitative estimate of drug-likeness (QED) is 0.888. The van der Waals surface area contributed by atoms with Gasteiger partial charge in [0.25, 0.3) is 5.91 Å². The van der Waals surface area contributed by atoms with Crippen LogP contribution >= 0.6 is 0 Å². The lowest BCUT2D eigenvalue weighted by molar-refractivity contribution is -0.122. The molecule has 0 bridgehead atoms. The molecule has 0 saturated carbocycles. The average molecular weight is 319 g/mol. The number of amides is 1. The van der Waals surface area contributed by atoms with Crippen LogP contribution in [-0.2, 0) is 4.79 Å². The SMILES string of the molecule is CC[C@@H](Oc1cc(C)ccc1C)C(=O)Nc1c(F)cccc1F. The Morgan fingerprint density at radius 1 is 1.17 bits per heavy atom. The van der Waals surface area contributed by atoms with Crippen molar-refractivity contribution in [2.45, 2.75) is 33.3 Å².